The van der Waals surface area contributed by atoms with Crippen molar-refractivity contribution in [1.82, 2.24) is 0 Å². The molecule has 0 radical (unpaired) electrons. The van der Waals surface area contributed by atoms with Crippen LogP contribution in [0.4, 0.5) is 5.69 Å². The molecule has 2 rings (SSSR count). The van der Waals surface area contributed by atoms with Crippen LogP contribution in [0, 0.1) is 11.8 Å². The summed E-state index contributed by atoms with van der Waals surface area (Å²) in [5, 5.41) is 0.768. The van der Waals surface area contributed by atoms with Crippen LogP contribution in [0.15, 0.2) is 18.2 Å². The largest absolute Gasteiger partial charge is 0.368 e. The van der Waals surface area contributed by atoms with E-state index < -0.39 is 0 Å². The molecule has 1 heterocycles. The van der Waals surface area contributed by atoms with E-state index in [9.17, 15) is 0 Å². The summed E-state index contributed by atoms with van der Waals surface area (Å²) < 4.78 is 0. The highest BCUT2D eigenvalue weighted by molar-refractivity contribution is 6.30. The minimum absolute atomic E-state index is 0.544. The van der Waals surface area contributed by atoms with Gasteiger partial charge in [-0.05, 0) is 48.9 Å². The third-order valence-electron chi connectivity index (χ3n) is 4.17. The normalized spacial score (nSPS) is 28.5. The first kappa shape index (κ1) is 13.7. The highest BCUT2D eigenvalue weighted by Crippen LogP contribution is 2.34. The van der Waals surface area contributed by atoms with Crippen LogP contribution in [-0.2, 0) is 6.54 Å². The number of anilines is 1. The Balaban J connectivity index is 2.34. The van der Waals surface area contributed by atoms with Crippen molar-refractivity contribution >= 4 is 17.3 Å². The first-order chi connectivity index (χ1) is 8.52. The van der Waals surface area contributed by atoms with Crippen molar-refractivity contribution in [2.75, 3.05) is 11.4 Å². The first-order valence-corrected chi connectivity index (χ1v) is 7.15. The third kappa shape index (κ3) is 2.65. The third-order valence-corrected chi connectivity index (χ3v) is 4.40. The van der Waals surface area contributed by atoms with Crippen molar-refractivity contribution in [3.63, 3.8) is 0 Å². The zero-order chi connectivity index (χ0) is 13.3. The molecule has 3 unspecified atom stereocenters. The van der Waals surface area contributed by atoms with E-state index in [1.54, 1.807) is 0 Å². The van der Waals surface area contributed by atoms with Gasteiger partial charge in [-0.15, -0.1) is 0 Å². The Hall–Kier alpha value is -0.730. The SMILES string of the molecule is CC1CC(C)C(C)N(c2ccc(Cl)cc2CN)C1. The second-order valence-electron chi connectivity index (χ2n) is 5.69. The van der Waals surface area contributed by atoms with Gasteiger partial charge in [0.15, 0.2) is 0 Å². The van der Waals surface area contributed by atoms with Gasteiger partial charge in [0.05, 0.1) is 0 Å². The molecule has 0 aromatic heterocycles. The molecule has 0 spiro atoms. The summed E-state index contributed by atoms with van der Waals surface area (Å²) in [5.74, 6) is 1.45. The van der Waals surface area contributed by atoms with Gasteiger partial charge in [-0.3, -0.25) is 0 Å². The molecule has 0 aliphatic carbocycles. The number of piperidine rings is 1. The smallest absolute Gasteiger partial charge is 0.0415 e. The van der Waals surface area contributed by atoms with Crippen LogP contribution in [0.25, 0.3) is 0 Å². The van der Waals surface area contributed by atoms with Crippen molar-refractivity contribution in [2.24, 2.45) is 17.6 Å². The predicted octanol–water partition coefficient (Wildman–Crippen LogP) is 3.67. The standard InChI is InChI=1S/C15H23ClN2/c1-10-6-11(2)12(3)18(9-10)15-5-4-14(16)7-13(15)8-17/h4-5,7,10-12H,6,8-9,17H2,1-3H3. The second-order valence-corrected chi connectivity index (χ2v) is 6.12. The number of nitrogens with zero attached hydrogens (tertiary/aromatic N) is 1. The van der Waals surface area contributed by atoms with Crippen LogP contribution >= 0.6 is 11.6 Å². The molecule has 1 saturated heterocycles. The summed E-state index contributed by atoms with van der Waals surface area (Å²) in [5.41, 5.74) is 8.26. The van der Waals surface area contributed by atoms with Crippen molar-refractivity contribution < 1.29 is 0 Å². The second kappa shape index (κ2) is 5.50. The molecule has 3 atom stereocenters. The predicted molar refractivity (Wildman–Crippen MR) is 79.1 cm³/mol. The molecule has 1 aromatic rings. The van der Waals surface area contributed by atoms with E-state index >= 15 is 0 Å². The summed E-state index contributed by atoms with van der Waals surface area (Å²) >= 11 is 6.05. The van der Waals surface area contributed by atoms with E-state index in [2.05, 4.69) is 31.7 Å². The number of halogens is 1. The van der Waals surface area contributed by atoms with E-state index in [4.69, 9.17) is 17.3 Å². The Labute approximate surface area is 115 Å². The fraction of sp³-hybridized carbons (Fsp3) is 0.600. The molecular formula is C15H23ClN2. The molecule has 1 aromatic carbocycles. The molecule has 0 amide bonds. The molecule has 0 bridgehead atoms. The maximum atomic E-state index is 6.05. The molecule has 2 N–H and O–H groups in total. The van der Waals surface area contributed by atoms with Gasteiger partial charge in [0.25, 0.3) is 0 Å². The first-order valence-electron chi connectivity index (χ1n) is 6.78. The Morgan fingerprint density at radius 2 is 2.06 bits per heavy atom. The lowest BCUT2D eigenvalue weighted by Gasteiger charge is -2.43. The molecule has 1 fully saturated rings. The van der Waals surface area contributed by atoms with Gasteiger partial charge in [-0.2, -0.15) is 0 Å². The number of hydrogen-bond donors (Lipinski definition) is 1. The molecular weight excluding hydrogens is 244 g/mol. The monoisotopic (exact) mass is 266 g/mol. The zero-order valence-electron chi connectivity index (χ0n) is 11.5. The summed E-state index contributed by atoms with van der Waals surface area (Å²) in [6.07, 6.45) is 1.31. The lowest BCUT2D eigenvalue weighted by molar-refractivity contribution is 0.296. The highest BCUT2D eigenvalue weighted by Gasteiger charge is 2.29. The topological polar surface area (TPSA) is 29.3 Å². The van der Waals surface area contributed by atoms with Crippen LogP contribution in [0.5, 0.6) is 0 Å². The van der Waals surface area contributed by atoms with Crippen LogP contribution < -0.4 is 10.6 Å². The average molecular weight is 267 g/mol. The molecule has 0 saturated carbocycles. The van der Waals surface area contributed by atoms with Crippen molar-refractivity contribution in [1.29, 1.82) is 0 Å². The fourth-order valence-corrected chi connectivity index (χ4v) is 3.23. The number of rotatable bonds is 2. The molecule has 1 aliphatic heterocycles. The maximum absolute atomic E-state index is 6.05. The Morgan fingerprint density at radius 1 is 1.33 bits per heavy atom. The van der Waals surface area contributed by atoms with Crippen LogP contribution in [0.3, 0.4) is 0 Å². The quantitative estimate of drug-likeness (QED) is 0.885. The zero-order valence-corrected chi connectivity index (χ0v) is 12.2. The van der Waals surface area contributed by atoms with E-state index in [-0.39, 0.29) is 0 Å². The van der Waals surface area contributed by atoms with E-state index in [0.29, 0.717) is 12.6 Å². The fourth-order valence-electron chi connectivity index (χ4n) is 3.03. The lowest BCUT2D eigenvalue weighted by atomic mass is 9.85. The van der Waals surface area contributed by atoms with Gasteiger partial charge >= 0.3 is 0 Å². The summed E-state index contributed by atoms with van der Waals surface area (Å²) in [4.78, 5) is 2.50. The Morgan fingerprint density at radius 3 is 2.72 bits per heavy atom. The van der Waals surface area contributed by atoms with Gasteiger partial charge in [0.2, 0.25) is 0 Å². The minimum Gasteiger partial charge on any atom is -0.368 e. The molecule has 100 valence electrons. The summed E-state index contributed by atoms with van der Waals surface area (Å²) in [7, 11) is 0. The van der Waals surface area contributed by atoms with Crippen LogP contribution in [-0.4, -0.2) is 12.6 Å². The van der Waals surface area contributed by atoms with Crippen molar-refractivity contribution in [3.05, 3.63) is 28.8 Å². The van der Waals surface area contributed by atoms with Crippen LogP contribution in [0.1, 0.15) is 32.8 Å². The van der Waals surface area contributed by atoms with E-state index in [1.807, 2.05) is 12.1 Å². The van der Waals surface area contributed by atoms with Crippen LogP contribution in [0.2, 0.25) is 5.02 Å². The average Bonchev–Trinajstić information content (AvgIpc) is 2.34. The molecule has 1 aliphatic rings. The summed E-state index contributed by atoms with van der Waals surface area (Å²) in [6.45, 7) is 8.63. The maximum Gasteiger partial charge on any atom is 0.0415 e. The number of nitrogens with two attached hydrogens (primary N) is 1. The minimum atomic E-state index is 0.544. The van der Waals surface area contributed by atoms with E-state index in [0.717, 1.165) is 29.0 Å². The van der Waals surface area contributed by atoms with Gasteiger partial charge in [-0.25, -0.2) is 0 Å². The molecule has 3 heteroatoms. The molecule has 18 heavy (non-hydrogen) atoms. The molecule has 2 nitrogen and oxygen atoms in total. The Bertz CT molecular complexity index is 419. The van der Waals surface area contributed by atoms with E-state index in [1.165, 1.54) is 12.1 Å². The highest BCUT2D eigenvalue weighted by atomic mass is 35.5. The van der Waals surface area contributed by atoms with Gasteiger partial charge in [0.1, 0.15) is 0 Å². The Kier molecular flexibility index (Phi) is 4.18. The summed E-state index contributed by atoms with van der Waals surface area (Å²) in [6, 6.07) is 6.64. The van der Waals surface area contributed by atoms with Gasteiger partial charge in [-0.1, -0.05) is 25.4 Å². The number of hydrogen-bond acceptors (Lipinski definition) is 2. The van der Waals surface area contributed by atoms with Gasteiger partial charge < -0.3 is 10.6 Å². The number of benzene rings is 1. The van der Waals surface area contributed by atoms with Crippen molar-refractivity contribution in [2.45, 2.75) is 39.8 Å². The lowest BCUT2D eigenvalue weighted by Crippen LogP contribution is -2.46. The van der Waals surface area contributed by atoms with Gasteiger partial charge in [0, 0.05) is 29.8 Å². The van der Waals surface area contributed by atoms with Crippen molar-refractivity contribution in [3.8, 4) is 0 Å².